The van der Waals surface area contributed by atoms with Crippen molar-refractivity contribution in [2.75, 3.05) is 5.73 Å². The van der Waals surface area contributed by atoms with Crippen LogP contribution in [-0.4, -0.2) is 19.0 Å². The molecule has 0 saturated carbocycles. The molecule has 0 amide bonds. The zero-order valence-electron chi connectivity index (χ0n) is 15.9. The molecule has 0 spiro atoms. The molecule has 0 radical (unpaired) electrons. The van der Waals surface area contributed by atoms with Crippen LogP contribution in [0.15, 0.2) is 41.4 Å². The zero-order chi connectivity index (χ0) is 19.9. The van der Waals surface area contributed by atoms with E-state index in [9.17, 15) is 12.8 Å². The molecular weight excluding hydrogens is 365 g/mol. The van der Waals surface area contributed by atoms with Crippen LogP contribution in [0.1, 0.15) is 23.6 Å². The number of rotatable bonds is 5. The van der Waals surface area contributed by atoms with Crippen molar-refractivity contribution in [1.29, 1.82) is 0 Å². The summed E-state index contributed by atoms with van der Waals surface area (Å²) in [7, 11) is -3.80. The van der Waals surface area contributed by atoms with E-state index in [4.69, 9.17) is 5.73 Å². The molecule has 3 N–H and O–H groups in total. The molecule has 5 nitrogen and oxygen atoms in total. The minimum absolute atomic E-state index is 0.0969. The van der Waals surface area contributed by atoms with Crippen LogP contribution in [0.2, 0.25) is 0 Å². The monoisotopic (exact) mass is 389 g/mol. The van der Waals surface area contributed by atoms with Crippen molar-refractivity contribution in [3.8, 4) is 0 Å². The Morgan fingerprint density at radius 3 is 2.56 bits per heavy atom. The fourth-order valence-corrected chi connectivity index (χ4v) is 5.22. The van der Waals surface area contributed by atoms with Crippen LogP contribution in [0, 0.1) is 26.6 Å². The van der Waals surface area contributed by atoms with Crippen molar-refractivity contribution in [1.82, 2.24) is 9.29 Å². The average Bonchev–Trinajstić information content (AvgIpc) is 2.82. The van der Waals surface area contributed by atoms with E-state index >= 15 is 0 Å². The first kappa shape index (κ1) is 19.4. The zero-order valence-corrected chi connectivity index (χ0v) is 16.7. The topological polar surface area (TPSA) is 77.1 Å². The number of hydrogen-bond donors (Lipinski definition) is 2. The van der Waals surface area contributed by atoms with E-state index < -0.39 is 16.1 Å². The number of benzene rings is 2. The summed E-state index contributed by atoms with van der Waals surface area (Å²) < 4.78 is 44.4. The van der Waals surface area contributed by atoms with Crippen LogP contribution in [0.3, 0.4) is 0 Å². The number of aromatic nitrogens is 1. The maximum Gasteiger partial charge on any atom is 0.243 e. The second-order valence-electron chi connectivity index (χ2n) is 7.12. The number of anilines is 1. The Balaban J connectivity index is 1.90. The summed E-state index contributed by atoms with van der Waals surface area (Å²) in [4.78, 5) is 0.0969. The third kappa shape index (κ3) is 3.70. The third-order valence-electron chi connectivity index (χ3n) is 4.59. The second-order valence-corrected chi connectivity index (χ2v) is 8.77. The maximum atomic E-state index is 14.3. The van der Waals surface area contributed by atoms with Gasteiger partial charge in [-0.15, -0.1) is 0 Å². The number of fused-ring (bicyclic) bond motifs is 1. The van der Waals surface area contributed by atoms with Gasteiger partial charge in [0, 0.05) is 24.2 Å². The molecule has 7 heteroatoms. The number of halogens is 1. The molecule has 0 aliphatic rings. The normalized spacial score (nSPS) is 13.2. The number of para-hydroxylation sites is 1. The van der Waals surface area contributed by atoms with E-state index in [1.54, 1.807) is 36.6 Å². The van der Waals surface area contributed by atoms with Gasteiger partial charge in [0.25, 0.3) is 0 Å². The molecular formula is C20H24FN3O2S. The smallest absolute Gasteiger partial charge is 0.243 e. The lowest BCUT2D eigenvalue weighted by molar-refractivity contribution is 0.523. The number of sulfonamides is 1. The van der Waals surface area contributed by atoms with Gasteiger partial charge in [-0.25, -0.2) is 17.5 Å². The Labute approximate surface area is 159 Å². The van der Waals surface area contributed by atoms with Gasteiger partial charge in [-0.3, -0.25) is 0 Å². The van der Waals surface area contributed by atoms with Crippen LogP contribution >= 0.6 is 0 Å². The largest absolute Gasteiger partial charge is 0.398 e. The standard InChI is InChI=1S/C20H24FN3O2S/c1-12-8-13(2)20(18(22)9-12)27(25,26)23-15(4)11-24-10-14(3)16-6-5-7-17(21)19(16)24/h5-10,15,23H,11,22H2,1-4H3/t15-/m0/s1. The number of nitrogen functional groups attached to an aromatic ring is 1. The predicted molar refractivity (Wildman–Crippen MR) is 107 cm³/mol. The van der Waals surface area contributed by atoms with Crippen LogP contribution in [0.5, 0.6) is 0 Å². The Morgan fingerprint density at radius 1 is 1.19 bits per heavy atom. The van der Waals surface area contributed by atoms with Crippen molar-refractivity contribution in [3.05, 3.63) is 59.0 Å². The summed E-state index contributed by atoms with van der Waals surface area (Å²) in [6, 6.07) is 7.91. The number of nitrogens with one attached hydrogen (secondary N) is 1. The van der Waals surface area contributed by atoms with Crippen LogP contribution in [0.4, 0.5) is 10.1 Å². The molecule has 2 aromatic carbocycles. The van der Waals surface area contributed by atoms with Crippen molar-refractivity contribution < 1.29 is 12.8 Å². The first-order chi connectivity index (χ1) is 12.6. The van der Waals surface area contributed by atoms with Crippen LogP contribution < -0.4 is 10.5 Å². The Kier molecular flexibility index (Phi) is 5.01. The Bertz CT molecular complexity index is 1100. The van der Waals surface area contributed by atoms with Crippen LogP contribution in [0.25, 0.3) is 10.9 Å². The molecule has 27 heavy (non-hydrogen) atoms. The number of nitrogens with zero attached hydrogens (tertiary/aromatic N) is 1. The molecule has 1 aromatic heterocycles. The molecule has 3 rings (SSSR count). The summed E-state index contributed by atoms with van der Waals surface area (Å²) in [5.41, 5.74) is 9.11. The van der Waals surface area contributed by atoms with E-state index in [2.05, 4.69) is 4.72 Å². The quantitative estimate of drug-likeness (QED) is 0.654. The van der Waals surface area contributed by atoms with E-state index in [-0.39, 0.29) is 16.4 Å². The molecule has 0 fully saturated rings. The minimum Gasteiger partial charge on any atom is -0.398 e. The number of aryl methyl sites for hydroxylation is 3. The molecule has 1 heterocycles. The highest BCUT2D eigenvalue weighted by Gasteiger charge is 2.23. The summed E-state index contributed by atoms with van der Waals surface area (Å²) in [6.45, 7) is 7.54. The second kappa shape index (κ2) is 6.98. The van der Waals surface area contributed by atoms with Gasteiger partial charge in [0.2, 0.25) is 10.0 Å². The van der Waals surface area contributed by atoms with E-state index in [1.165, 1.54) is 6.07 Å². The van der Waals surface area contributed by atoms with Gasteiger partial charge in [0.15, 0.2) is 0 Å². The van der Waals surface area contributed by atoms with Gasteiger partial charge in [0.05, 0.1) is 11.2 Å². The van der Waals surface area contributed by atoms with Crippen molar-refractivity contribution >= 4 is 26.6 Å². The lowest BCUT2D eigenvalue weighted by atomic mass is 10.1. The lowest BCUT2D eigenvalue weighted by Crippen LogP contribution is -2.36. The van der Waals surface area contributed by atoms with Gasteiger partial charge in [0.1, 0.15) is 10.7 Å². The van der Waals surface area contributed by atoms with Gasteiger partial charge < -0.3 is 10.3 Å². The molecule has 144 valence electrons. The molecule has 1 atom stereocenters. The summed E-state index contributed by atoms with van der Waals surface area (Å²) in [5, 5.41) is 0.823. The van der Waals surface area contributed by atoms with Crippen molar-refractivity contribution in [3.63, 3.8) is 0 Å². The number of hydrogen-bond acceptors (Lipinski definition) is 3. The van der Waals surface area contributed by atoms with Crippen molar-refractivity contribution in [2.24, 2.45) is 0 Å². The van der Waals surface area contributed by atoms with E-state index in [0.29, 0.717) is 17.6 Å². The van der Waals surface area contributed by atoms with E-state index in [0.717, 1.165) is 16.5 Å². The molecule has 0 aliphatic heterocycles. The van der Waals surface area contributed by atoms with Gasteiger partial charge in [-0.05, 0) is 56.5 Å². The Hall–Kier alpha value is -2.38. The molecule has 3 aromatic rings. The fraction of sp³-hybridized carbons (Fsp3) is 0.300. The van der Waals surface area contributed by atoms with Gasteiger partial charge in [-0.2, -0.15) is 0 Å². The van der Waals surface area contributed by atoms with E-state index in [1.807, 2.05) is 26.1 Å². The first-order valence-corrected chi connectivity index (χ1v) is 10.2. The highest BCUT2D eigenvalue weighted by Crippen LogP contribution is 2.26. The highest BCUT2D eigenvalue weighted by atomic mass is 32.2. The molecule has 0 unspecified atom stereocenters. The third-order valence-corrected chi connectivity index (χ3v) is 6.40. The fourth-order valence-electron chi connectivity index (χ4n) is 3.65. The minimum atomic E-state index is -3.80. The Morgan fingerprint density at radius 2 is 1.89 bits per heavy atom. The highest BCUT2D eigenvalue weighted by molar-refractivity contribution is 7.89. The predicted octanol–water partition coefficient (Wildman–Crippen LogP) is 3.65. The average molecular weight is 389 g/mol. The summed E-state index contributed by atoms with van der Waals surface area (Å²) in [5.74, 6) is -0.325. The van der Waals surface area contributed by atoms with Crippen molar-refractivity contribution in [2.45, 2.75) is 45.2 Å². The lowest BCUT2D eigenvalue weighted by Gasteiger charge is -2.18. The summed E-state index contributed by atoms with van der Waals surface area (Å²) in [6.07, 6.45) is 1.84. The molecule has 0 bridgehead atoms. The van der Waals surface area contributed by atoms with Gasteiger partial charge in [-0.1, -0.05) is 18.2 Å². The first-order valence-electron chi connectivity index (χ1n) is 8.73. The van der Waals surface area contributed by atoms with Gasteiger partial charge >= 0.3 is 0 Å². The molecule has 0 saturated heterocycles. The SMILES string of the molecule is Cc1cc(C)c(S(=O)(=O)N[C@@H](C)Cn2cc(C)c3cccc(F)c32)c(N)c1. The maximum absolute atomic E-state index is 14.3. The number of nitrogens with two attached hydrogens (primary N) is 1. The summed E-state index contributed by atoms with van der Waals surface area (Å²) >= 11 is 0. The molecule has 0 aliphatic carbocycles. The van der Waals surface area contributed by atoms with Crippen LogP contribution in [-0.2, 0) is 16.6 Å².